The van der Waals surface area contributed by atoms with Crippen molar-refractivity contribution in [2.24, 2.45) is 5.92 Å². The normalized spacial score (nSPS) is 21.5. The van der Waals surface area contributed by atoms with Gasteiger partial charge in [-0.25, -0.2) is 4.39 Å². The van der Waals surface area contributed by atoms with E-state index in [1.165, 1.54) is 37.1 Å². The van der Waals surface area contributed by atoms with E-state index in [0.29, 0.717) is 11.2 Å². The number of rotatable bonds is 4. The van der Waals surface area contributed by atoms with Gasteiger partial charge in [0.1, 0.15) is 11.0 Å². The van der Waals surface area contributed by atoms with Gasteiger partial charge in [-0.2, -0.15) is 0 Å². The molecule has 0 amide bonds. The third-order valence-electron chi connectivity index (χ3n) is 6.55. The van der Waals surface area contributed by atoms with Gasteiger partial charge in [-0.05, 0) is 71.9 Å². The molecular formula is C25H25ClFN3. The van der Waals surface area contributed by atoms with Crippen molar-refractivity contribution in [1.82, 2.24) is 14.9 Å². The van der Waals surface area contributed by atoms with Crippen LogP contribution < -0.4 is 0 Å². The van der Waals surface area contributed by atoms with Gasteiger partial charge in [-0.3, -0.25) is 9.88 Å². The topological polar surface area (TPSA) is 31.9 Å². The van der Waals surface area contributed by atoms with Crippen LogP contribution in [-0.2, 0) is 0 Å². The Morgan fingerprint density at radius 2 is 1.87 bits per heavy atom. The zero-order chi connectivity index (χ0) is 20.7. The minimum Gasteiger partial charge on any atom is -0.345 e. The highest BCUT2D eigenvalue weighted by Gasteiger charge is 2.34. The number of nitrogens with zero attached hydrogens (tertiary/aromatic N) is 2. The first-order valence-corrected chi connectivity index (χ1v) is 11.0. The lowest BCUT2D eigenvalue weighted by molar-refractivity contribution is 0.281. The van der Waals surface area contributed by atoms with Crippen molar-refractivity contribution in [3.8, 4) is 22.4 Å². The molecular weight excluding hydrogens is 397 g/mol. The molecule has 2 aliphatic heterocycles. The van der Waals surface area contributed by atoms with Crippen molar-refractivity contribution < 1.29 is 4.39 Å². The van der Waals surface area contributed by atoms with Crippen molar-refractivity contribution in [2.75, 3.05) is 13.1 Å². The summed E-state index contributed by atoms with van der Waals surface area (Å²) < 4.78 is 13.5. The third-order valence-corrected chi connectivity index (χ3v) is 6.84. The minimum absolute atomic E-state index is 0.246. The Bertz CT molecular complexity index is 1070. The van der Waals surface area contributed by atoms with Crippen LogP contribution in [0.1, 0.15) is 31.7 Å². The number of nitrogens with one attached hydrogen (secondary N) is 1. The number of hydrogen-bond donors (Lipinski definition) is 1. The predicted molar refractivity (Wildman–Crippen MR) is 121 cm³/mol. The van der Waals surface area contributed by atoms with E-state index in [1.54, 1.807) is 24.5 Å². The Morgan fingerprint density at radius 1 is 1.10 bits per heavy atom. The van der Waals surface area contributed by atoms with Gasteiger partial charge in [0.25, 0.3) is 0 Å². The predicted octanol–water partition coefficient (Wildman–Crippen LogP) is 6.42. The largest absolute Gasteiger partial charge is 0.345 e. The van der Waals surface area contributed by atoms with Crippen LogP contribution >= 0.6 is 11.6 Å². The van der Waals surface area contributed by atoms with Crippen molar-refractivity contribution in [1.29, 1.82) is 0 Å². The summed E-state index contributed by atoms with van der Waals surface area (Å²) >= 11 is 6.81. The molecule has 1 N–H and O–H groups in total. The molecule has 1 aromatic carbocycles. The Kier molecular flexibility index (Phi) is 5.21. The number of H-pyrrole nitrogens is 1. The fourth-order valence-corrected chi connectivity index (χ4v) is 5.27. The molecule has 2 aliphatic rings. The molecule has 0 aliphatic carbocycles. The van der Waals surface area contributed by atoms with Crippen molar-refractivity contribution in [3.05, 3.63) is 71.4 Å². The molecule has 4 heterocycles. The monoisotopic (exact) mass is 421 g/mol. The number of fused-ring (bicyclic) bond motifs is 1. The second-order valence-corrected chi connectivity index (χ2v) is 8.70. The molecule has 2 aromatic heterocycles. The maximum Gasteiger partial charge on any atom is 0.123 e. The summed E-state index contributed by atoms with van der Waals surface area (Å²) in [5.74, 6) is 0.533. The van der Waals surface area contributed by atoms with Crippen LogP contribution in [0.4, 0.5) is 4.39 Å². The summed E-state index contributed by atoms with van der Waals surface area (Å²) in [7, 11) is 0. The maximum absolute atomic E-state index is 13.5. The zero-order valence-electron chi connectivity index (χ0n) is 17.0. The lowest BCUT2D eigenvalue weighted by atomic mass is 9.90. The van der Waals surface area contributed by atoms with Crippen LogP contribution in [-0.4, -0.2) is 34.0 Å². The van der Waals surface area contributed by atoms with Crippen molar-refractivity contribution in [3.63, 3.8) is 0 Å². The molecule has 1 saturated heterocycles. The Hall–Kier alpha value is -2.43. The fraction of sp³-hybridized carbons (Fsp3) is 0.320. The van der Waals surface area contributed by atoms with E-state index in [9.17, 15) is 4.39 Å². The number of halogens is 2. The summed E-state index contributed by atoms with van der Waals surface area (Å²) in [6.07, 6.45) is 9.46. The van der Waals surface area contributed by atoms with Gasteiger partial charge in [-0.15, -0.1) is 0 Å². The van der Waals surface area contributed by atoms with E-state index >= 15 is 0 Å². The Labute approximate surface area is 181 Å². The second kappa shape index (κ2) is 8.01. The third kappa shape index (κ3) is 3.48. The molecule has 2 atom stereocenters. The highest BCUT2D eigenvalue weighted by atomic mass is 35.5. The van der Waals surface area contributed by atoms with Crippen molar-refractivity contribution in [2.45, 2.75) is 32.2 Å². The number of aromatic nitrogens is 2. The summed E-state index contributed by atoms with van der Waals surface area (Å²) in [4.78, 5) is 10.2. The van der Waals surface area contributed by atoms with E-state index in [2.05, 4.69) is 27.9 Å². The van der Waals surface area contributed by atoms with Gasteiger partial charge in [0, 0.05) is 42.7 Å². The highest BCUT2D eigenvalue weighted by molar-refractivity contribution is 6.32. The van der Waals surface area contributed by atoms with Gasteiger partial charge < -0.3 is 4.98 Å². The lowest BCUT2D eigenvalue weighted by Crippen LogP contribution is -2.32. The molecule has 5 heteroatoms. The van der Waals surface area contributed by atoms with Crippen LogP contribution in [0.25, 0.3) is 28.0 Å². The van der Waals surface area contributed by atoms with Gasteiger partial charge in [0.2, 0.25) is 0 Å². The summed E-state index contributed by atoms with van der Waals surface area (Å²) in [6.45, 7) is 4.55. The molecule has 2 unspecified atom stereocenters. The first kappa shape index (κ1) is 19.5. The van der Waals surface area contributed by atoms with Crippen LogP contribution in [0.5, 0.6) is 0 Å². The van der Waals surface area contributed by atoms with Crippen LogP contribution in [0.15, 0.2) is 54.9 Å². The van der Waals surface area contributed by atoms with E-state index in [0.717, 1.165) is 46.8 Å². The van der Waals surface area contributed by atoms with E-state index < -0.39 is 0 Å². The molecule has 3 nitrogen and oxygen atoms in total. The number of hydrogen-bond acceptors (Lipinski definition) is 2. The SMILES string of the molecule is CCC1CC2C=C(c3c(Cl)[nH]c(-c4ccc(F)cc4)c3-c3ccncc3)CCN2C1. The van der Waals surface area contributed by atoms with Gasteiger partial charge in [0.05, 0.1) is 5.69 Å². The molecule has 3 aromatic rings. The molecule has 0 bridgehead atoms. The molecule has 1 fully saturated rings. The average Bonchev–Trinajstić information content (AvgIpc) is 3.34. The first-order valence-electron chi connectivity index (χ1n) is 10.7. The van der Waals surface area contributed by atoms with Gasteiger partial charge in [0.15, 0.2) is 0 Å². The summed E-state index contributed by atoms with van der Waals surface area (Å²) in [6, 6.07) is 11.1. The Morgan fingerprint density at radius 3 is 2.60 bits per heavy atom. The molecule has 30 heavy (non-hydrogen) atoms. The van der Waals surface area contributed by atoms with Crippen LogP contribution in [0.3, 0.4) is 0 Å². The Balaban J connectivity index is 1.65. The van der Waals surface area contributed by atoms with Crippen molar-refractivity contribution >= 4 is 17.2 Å². The molecule has 154 valence electrons. The zero-order valence-corrected chi connectivity index (χ0v) is 17.8. The minimum atomic E-state index is -0.246. The van der Waals surface area contributed by atoms with E-state index in [1.807, 2.05) is 12.1 Å². The quantitative estimate of drug-likeness (QED) is 0.526. The average molecular weight is 422 g/mol. The molecule has 0 spiro atoms. The van der Waals surface area contributed by atoms with Crippen LogP contribution in [0.2, 0.25) is 5.15 Å². The summed E-state index contributed by atoms with van der Waals surface area (Å²) in [5.41, 5.74) is 6.34. The summed E-state index contributed by atoms with van der Waals surface area (Å²) in [5, 5.41) is 0.644. The van der Waals surface area contributed by atoms with E-state index in [4.69, 9.17) is 11.6 Å². The second-order valence-electron chi connectivity index (χ2n) is 8.32. The van der Waals surface area contributed by atoms with Gasteiger partial charge in [-0.1, -0.05) is 31.0 Å². The molecule has 0 saturated carbocycles. The van der Waals surface area contributed by atoms with E-state index in [-0.39, 0.29) is 5.82 Å². The number of benzene rings is 1. The molecule has 5 rings (SSSR count). The smallest absolute Gasteiger partial charge is 0.123 e. The van der Waals surface area contributed by atoms with Gasteiger partial charge >= 0.3 is 0 Å². The number of aromatic amines is 1. The number of pyridine rings is 1. The maximum atomic E-state index is 13.5. The lowest BCUT2D eigenvalue weighted by Gasteiger charge is -2.28. The first-order chi connectivity index (χ1) is 14.6. The van der Waals surface area contributed by atoms with Crippen LogP contribution in [0, 0.1) is 11.7 Å². The standard InChI is InChI=1S/C25H25ClFN3/c1-2-16-13-21-14-19(9-12-30(21)15-16)23-22(17-7-10-28-11-8-17)24(29-25(23)26)18-3-5-20(27)6-4-18/h3-8,10-11,14,16,21,29H,2,9,12-13,15H2,1H3. The fourth-order valence-electron chi connectivity index (χ4n) is 4.96. The highest BCUT2D eigenvalue weighted by Crippen LogP contribution is 2.45. The molecule has 0 radical (unpaired) electrons.